The Bertz CT molecular complexity index is 119. The van der Waals surface area contributed by atoms with Gasteiger partial charge in [0.25, 0.3) is 5.12 Å². The van der Waals surface area contributed by atoms with Gasteiger partial charge in [0, 0.05) is 6.42 Å². The summed E-state index contributed by atoms with van der Waals surface area (Å²) in [5, 5.41) is -0.727. The van der Waals surface area contributed by atoms with Crippen molar-refractivity contribution in [1.82, 2.24) is 0 Å². The Labute approximate surface area is 75.3 Å². The van der Waals surface area contributed by atoms with Crippen LogP contribution in [-0.2, 0) is 4.57 Å². The fourth-order valence-corrected chi connectivity index (χ4v) is 1.12. The van der Waals surface area contributed by atoms with E-state index >= 15 is 0 Å². The Kier molecular flexibility index (Phi) is 6.08. The molecule has 60 valence electrons. The molecule has 6 heteroatoms. The summed E-state index contributed by atoms with van der Waals surface area (Å²) < 4.78 is 10.2. The molecule has 0 spiro atoms. The van der Waals surface area contributed by atoms with Gasteiger partial charge in [-0.15, -0.1) is 23.2 Å². The molecular formula is C4H7Cl3O2P+. The van der Waals surface area contributed by atoms with Crippen molar-refractivity contribution in [2.45, 2.75) is 22.8 Å². The van der Waals surface area contributed by atoms with Gasteiger partial charge in [-0.25, -0.2) is 0 Å². The van der Waals surface area contributed by atoms with E-state index in [1.54, 1.807) is 0 Å². The fraction of sp³-hybridized carbons (Fsp3) is 1.00. The van der Waals surface area contributed by atoms with Gasteiger partial charge >= 0.3 is 8.03 Å². The number of alkyl halides is 3. The highest BCUT2D eigenvalue weighted by atomic mass is 35.5. The molecule has 0 aromatic rings. The predicted octanol–water partition coefficient (Wildman–Crippen LogP) is 2.87. The van der Waals surface area contributed by atoms with E-state index < -0.39 is 18.0 Å². The summed E-state index contributed by atoms with van der Waals surface area (Å²) in [6.45, 7) is 0. The molecule has 0 saturated heterocycles. The maximum atomic E-state index is 10.2. The second-order valence-corrected chi connectivity index (χ2v) is 5.04. The van der Waals surface area contributed by atoms with Crippen molar-refractivity contribution in [3.63, 3.8) is 0 Å². The minimum atomic E-state index is -2.29. The van der Waals surface area contributed by atoms with Crippen molar-refractivity contribution >= 4 is 42.8 Å². The summed E-state index contributed by atoms with van der Waals surface area (Å²) in [6.07, 6.45) is 0.809. The third kappa shape index (κ3) is 5.70. The highest BCUT2D eigenvalue weighted by Gasteiger charge is 2.25. The van der Waals surface area contributed by atoms with Crippen LogP contribution in [0.3, 0.4) is 0 Å². The topological polar surface area (TPSA) is 37.3 Å². The highest BCUT2D eigenvalue weighted by molar-refractivity contribution is 7.41. The molecular weight excluding hydrogens is 217 g/mol. The summed E-state index contributed by atoms with van der Waals surface area (Å²) >= 11 is 16.1. The molecule has 0 aromatic carbocycles. The molecule has 2 unspecified atom stereocenters. The Hall–Kier alpha value is 0.930. The molecule has 0 radical (unpaired) electrons. The molecule has 2 nitrogen and oxygen atoms in total. The fourth-order valence-electron chi connectivity index (χ4n) is 0.374. The smallest absolute Gasteiger partial charge is 0.160 e. The minimum Gasteiger partial charge on any atom is -0.160 e. The van der Waals surface area contributed by atoms with Crippen LogP contribution in [0.4, 0.5) is 0 Å². The van der Waals surface area contributed by atoms with Gasteiger partial charge < -0.3 is 0 Å². The molecule has 2 atom stereocenters. The maximum absolute atomic E-state index is 10.2. The van der Waals surface area contributed by atoms with Gasteiger partial charge in [0.05, 0.1) is 0 Å². The zero-order chi connectivity index (χ0) is 8.15. The summed E-state index contributed by atoms with van der Waals surface area (Å²) in [4.78, 5) is 7.92. The van der Waals surface area contributed by atoms with Crippen LogP contribution in [0.25, 0.3) is 0 Å². The second-order valence-electron chi connectivity index (χ2n) is 1.71. The van der Waals surface area contributed by atoms with E-state index in [0.29, 0.717) is 12.8 Å². The lowest BCUT2D eigenvalue weighted by molar-refractivity contribution is 0.496. The molecule has 0 fully saturated rings. The number of halogens is 3. The average molecular weight is 224 g/mol. The van der Waals surface area contributed by atoms with Gasteiger partial charge in [0.2, 0.25) is 0 Å². The molecule has 0 rings (SSSR count). The van der Waals surface area contributed by atoms with Crippen molar-refractivity contribution in [2.24, 2.45) is 0 Å². The highest BCUT2D eigenvalue weighted by Crippen LogP contribution is 2.31. The van der Waals surface area contributed by atoms with Gasteiger partial charge in [-0.2, -0.15) is 4.89 Å². The van der Waals surface area contributed by atoms with Gasteiger partial charge in [-0.05, 0) is 11.0 Å². The first-order valence-corrected chi connectivity index (χ1v) is 5.20. The van der Waals surface area contributed by atoms with Gasteiger partial charge in [-0.1, -0.05) is 11.6 Å². The predicted molar refractivity (Wildman–Crippen MR) is 44.2 cm³/mol. The minimum absolute atomic E-state index is 0.366. The van der Waals surface area contributed by atoms with Crippen LogP contribution in [0.15, 0.2) is 0 Å². The van der Waals surface area contributed by atoms with E-state index in [1.807, 2.05) is 0 Å². The number of hydrogen-bond donors (Lipinski definition) is 1. The quantitative estimate of drug-likeness (QED) is 0.589. The summed E-state index contributed by atoms with van der Waals surface area (Å²) in [6, 6.07) is 0. The molecule has 0 amide bonds. The normalized spacial score (nSPS) is 15.5. The number of rotatable bonds is 4. The van der Waals surface area contributed by atoms with Crippen LogP contribution in [0, 0.1) is 0 Å². The van der Waals surface area contributed by atoms with Crippen LogP contribution in [-0.4, -0.2) is 14.8 Å². The second kappa shape index (κ2) is 5.56. The molecule has 0 bridgehead atoms. The SMILES string of the molecule is O=[P+](O)C(Cl)CCC(Cl)Cl. The number of hydrogen-bond acceptors (Lipinski definition) is 1. The molecule has 0 aliphatic heterocycles. The van der Waals surface area contributed by atoms with Crippen LogP contribution in [0.1, 0.15) is 12.8 Å². The van der Waals surface area contributed by atoms with Gasteiger partial charge in [-0.3, -0.25) is 0 Å². The van der Waals surface area contributed by atoms with E-state index in [0.717, 1.165) is 0 Å². The van der Waals surface area contributed by atoms with Crippen LogP contribution >= 0.6 is 42.8 Å². The monoisotopic (exact) mass is 223 g/mol. The van der Waals surface area contributed by atoms with E-state index in [2.05, 4.69) is 0 Å². The zero-order valence-electron chi connectivity index (χ0n) is 5.01. The third-order valence-corrected chi connectivity index (χ3v) is 2.76. The first kappa shape index (κ1) is 10.9. The first-order chi connectivity index (χ1) is 4.54. The van der Waals surface area contributed by atoms with E-state index in [-0.39, 0.29) is 0 Å². The maximum Gasteiger partial charge on any atom is 0.524 e. The van der Waals surface area contributed by atoms with Crippen molar-refractivity contribution in [3.8, 4) is 0 Å². The van der Waals surface area contributed by atoms with Crippen LogP contribution in [0.5, 0.6) is 0 Å². The van der Waals surface area contributed by atoms with Crippen molar-refractivity contribution in [1.29, 1.82) is 0 Å². The van der Waals surface area contributed by atoms with Gasteiger partial charge in [0.1, 0.15) is 4.84 Å². The van der Waals surface area contributed by atoms with Crippen LogP contribution in [0.2, 0.25) is 0 Å². The Morgan fingerprint density at radius 3 is 2.10 bits per heavy atom. The average Bonchev–Trinajstić information content (AvgIpc) is 1.82. The summed E-state index contributed by atoms with van der Waals surface area (Å²) in [5.41, 5.74) is 0. The largest absolute Gasteiger partial charge is 0.524 e. The molecule has 0 aliphatic rings. The summed E-state index contributed by atoms with van der Waals surface area (Å²) in [7, 11) is -2.29. The lowest BCUT2D eigenvalue weighted by Gasteiger charge is -1.96. The molecule has 0 saturated carbocycles. The Balaban J connectivity index is 3.40. The van der Waals surface area contributed by atoms with Crippen molar-refractivity contribution in [2.75, 3.05) is 0 Å². The van der Waals surface area contributed by atoms with Crippen molar-refractivity contribution < 1.29 is 9.46 Å². The molecule has 0 aromatic heterocycles. The third-order valence-electron chi connectivity index (χ3n) is 0.863. The summed E-state index contributed by atoms with van der Waals surface area (Å²) in [5.74, 6) is 0. The Morgan fingerprint density at radius 1 is 1.30 bits per heavy atom. The zero-order valence-corrected chi connectivity index (χ0v) is 8.17. The molecule has 0 aliphatic carbocycles. The van der Waals surface area contributed by atoms with Crippen LogP contribution < -0.4 is 0 Å². The van der Waals surface area contributed by atoms with E-state index in [4.69, 9.17) is 39.7 Å². The van der Waals surface area contributed by atoms with E-state index in [1.165, 1.54) is 0 Å². The lowest BCUT2D eigenvalue weighted by atomic mass is 10.4. The van der Waals surface area contributed by atoms with Crippen molar-refractivity contribution in [3.05, 3.63) is 0 Å². The lowest BCUT2D eigenvalue weighted by Crippen LogP contribution is -1.95. The van der Waals surface area contributed by atoms with Gasteiger partial charge in [0.15, 0.2) is 0 Å². The molecule has 1 N–H and O–H groups in total. The molecule has 10 heavy (non-hydrogen) atoms. The molecule has 0 heterocycles. The first-order valence-electron chi connectivity index (χ1n) is 2.61. The van der Waals surface area contributed by atoms with E-state index in [9.17, 15) is 4.57 Å². The Morgan fingerprint density at radius 2 is 1.80 bits per heavy atom. The standard InChI is InChI=1S/C4H6Cl3O2P/c5-3(6)1-2-4(7)10(8)9/h3-4H,1-2H2/p+1.